The van der Waals surface area contributed by atoms with E-state index in [0.29, 0.717) is 12.3 Å². The van der Waals surface area contributed by atoms with Gasteiger partial charge in [-0.1, -0.05) is 0 Å². The number of carbonyl (C=O) groups is 1. The maximum absolute atomic E-state index is 10.8. The number of furan rings is 1. The van der Waals surface area contributed by atoms with Crippen LogP contribution in [-0.4, -0.2) is 13.2 Å². The van der Waals surface area contributed by atoms with E-state index in [-0.39, 0.29) is 0 Å². The molecule has 0 saturated heterocycles. The first-order chi connectivity index (χ1) is 7.79. The van der Waals surface area contributed by atoms with Crippen molar-refractivity contribution in [3.8, 4) is 11.3 Å². The fraction of sp³-hybridized carbons (Fsp3) is 0.182. The molecule has 2 aromatic rings. The molecule has 1 amide bonds. The van der Waals surface area contributed by atoms with Gasteiger partial charge >= 0.3 is 6.09 Å². The highest BCUT2D eigenvalue weighted by Gasteiger charge is 2.06. The van der Waals surface area contributed by atoms with Crippen LogP contribution in [0.1, 0.15) is 5.76 Å². The predicted octanol–water partition coefficient (Wildman–Crippen LogP) is 2.86. The van der Waals surface area contributed by atoms with Crippen LogP contribution in [0.2, 0.25) is 0 Å². The van der Waals surface area contributed by atoms with Gasteiger partial charge in [0.15, 0.2) is 0 Å². The second-order valence-corrected chi connectivity index (χ2v) is 3.90. The third-order valence-electron chi connectivity index (χ3n) is 2.06. The predicted molar refractivity (Wildman–Crippen MR) is 61.3 cm³/mol. The second kappa shape index (κ2) is 4.85. The molecule has 4 nitrogen and oxygen atoms in total. The number of rotatable bonds is 3. The number of thiophene rings is 1. The van der Waals surface area contributed by atoms with Crippen molar-refractivity contribution < 1.29 is 13.9 Å². The van der Waals surface area contributed by atoms with Crippen molar-refractivity contribution in [2.24, 2.45) is 0 Å². The summed E-state index contributed by atoms with van der Waals surface area (Å²) >= 11 is 1.62. The zero-order valence-electron chi connectivity index (χ0n) is 8.73. The first-order valence-electron chi connectivity index (χ1n) is 4.72. The van der Waals surface area contributed by atoms with Gasteiger partial charge in [0, 0.05) is 10.9 Å². The molecule has 0 bridgehead atoms. The van der Waals surface area contributed by atoms with Crippen LogP contribution in [0, 0.1) is 0 Å². The van der Waals surface area contributed by atoms with E-state index in [9.17, 15) is 4.79 Å². The van der Waals surface area contributed by atoms with Gasteiger partial charge in [-0.3, -0.25) is 0 Å². The minimum atomic E-state index is -0.464. The summed E-state index contributed by atoms with van der Waals surface area (Å²) in [6.45, 7) is 0.330. The number of nitrogens with one attached hydrogen (secondary N) is 1. The monoisotopic (exact) mass is 237 g/mol. The molecule has 0 aliphatic rings. The lowest BCUT2D eigenvalue weighted by molar-refractivity contribution is 0.169. The van der Waals surface area contributed by atoms with E-state index in [1.54, 1.807) is 11.3 Å². The Labute approximate surface area is 96.8 Å². The van der Waals surface area contributed by atoms with Crippen LogP contribution in [-0.2, 0) is 11.3 Å². The highest BCUT2D eigenvalue weighted by molar-refractivity contribution is 7.08. The minimum Gasteiger partial charge on any atom is -0.459 e. The molecule has 2 rings (SSSR count). The number of carbonyl (C=O) groups excluding carboxylic acids is 1. The molecule has 84 valence electrons. The Kier molecular flexibility index (Phi) is 3.26. The van der Waals surface area contributed by atoms with E-state index in [0.717, 1.165) is 11.3 Å². The number of ether oxygens (including phenoxy) is 1. The third-order valence-corrected chi connectivity index (χ3v) is 2.74. The highest BCUT2D eigenvalue weighted by atomic mass is 32.1. The summed E-state index contributed by atoms with van der Waals surface area (Å²) in [7, 11) is 1.33. The summed E-state index contributed by atoms with van der Waals surface area (Å²) in [5.41, 5.74) is 1.05. The van der Waals surface area contributed by atoms with E-state index in [2.05, 4.69) is 10.1 Å². The topological polar surface area (TPSA) is 51.5 Å². The Morgan fingerprint density at radius 3 is 3.06 bits per heavy atom. The number of hydrogen-bond donors (Lipinski definition) is 1. The van der Waals surface area contributed by atoms with Crippen LogP contribution in [0.4, 0.5) is 4.79 Å². The lowest BCUT2D eigenvalue weighted by Crippen LogP contribution is -2.21. The van der Waals surface area contributed by atoms with Gasteiger partial charge in [-0.05, 0) is 23.6 Å². The van der Waals surface area contributed by atoms with Gasteiger partial charge in [0.25, 0.3) is 0 Å². The van der Waals surface area contributed by atoms with Crippen LogP contribution in [0.5, 0.6) is 0 Å². The van der Waals surface area contributed by atoms with Gasteiger partial charge in [-0.15, -0.1) is 0 Å². The molecule has 0 spiro atoms. The Hall–Kier alpha value is -1.75. The fourth-order valence-corrected chi connectivity index (χ4v) is 1.91. The SMILES string of the molecule is COC(=O)NCc1ccc(-c2ccsc2)o1. The standard InChI is InChI=1S/C11H11NO3S/c1-14-11(13)12-6-9-2-3-10(15-9)8-4-5-16-7-8/h2-5,7H,6H2,1H3,(H,12,13). The highest BCUT2D eigenvalue weighted by Crippen LogP contribution is 2.24. The summed E-state index contributed by atoms with van der Waals surface area (Å²) in [5, 5.41) is 6.56. The summed E-state index contributed by atoms with van der Waals surface area (Å²) in [6, 6.07) is 5.71. The molecule has 1 N–H and O–H groups in total. The second-order valence-electron chi connectivity index (χ2n) is 3.12. The van der Waals surface area contributed by atoms with Gasteiger partial charge in [0.2, 0.25) is 0 Å². The van der Waals surface area contributed by atoms with Crippen molar-refractivity contribution in [3.05, 3.63) is 34.7 Å². The molecule has 0 fully saturated rings. The van der Waals surface area contributed by atoms with Crippen molar-refractivity contribution in [3.63, 3.8) is 0 Å². The molecule has 0 aliphatic heterocycles. The van der Waals surface area contributed by atoms with E-state index in [1.807, 2.05) is 29.0 Å². The lowest BCUT2D eigenvalue weighted by Gasteiger charge is -2.00. The molecule has 0 unspecified atom stereocenters. The number of amides is 1. The molecule has 0 radical (unpaired) electrons. The number of alkyl carbamates (subject to hydrolysis) is 1. The Balaban J connectivity index is 2.00. The van der Waals surface area contributed by atoms with E-state index >= 15 is 0 Å². The molecule has 2 heterocycles. The fourth-order valence-electron chi connectivity index (χ4n) is 1.26. The molecule has 0 aliphatic carbocycles. The maximum Gasteiger partial charge on any atom is 0.407 e. The number of hydrogen-bond acceptors (Lipinski definition) is 4. The lowest BCUT2D eigenvalue weighted by atomic mass is 10.3. The molecular formula is C11H11NO3S. The normalized spacial score (nSPS) is 10.1. The first-order valence-corrected chi connectivity index (χ1v) is 5.67. The quantitative estimate of drug-likeness (QED) is 0.893. The van der Waals surface area contributed by atoms with E-state index in [1.165, 1.54) is 7.11 Å². The third kappa shape index (κ3) is 2.43. The average molecular weight is 237 g/mol. The van der Waals surface area contributed by atoms with Crippen molar-refractivity contribution in [1.82, 2.24) is 5.32 Å². The molecule has 0 atom stereocenters. The molecular weight excluding hydrogens is 226 g/mol. The first kappa shape index (κ1) is 10.8. The van der Waals surface area contributed by atoms with Gasteiger partial charge < -0.3 is 14.5 Å². The zero-order chi connectivity index (χ0) is 11.4. The summed E-state index contributed by atoms with van der Waals surface area (Å²) in [6.07, 6.45) is -0.464. The molecule has 0 aromatic carbocycles. The van der Waals surface area contributed by atoms with Crippen LogP contribution in [0.3, 0.4) is 0 Å². The average Bonchev–Trinajstić information content (AvgIpc) is 2.95. The van der Waals surface area contributed by atoms with Crippen molar-refractivity contribution in [2.75, 3.05) is 7.11 Å². The summed E-state index contributed by atoms with van der Waals surface area (Å²) in [5.74, 6) is 1.51. The van der Waals surface area contributed by atoms with Gasteiger partial charge in [-0.2, -0.15) is 11.3 Å². The van der Waals surface area contributed by atoms with Gasteiger partial charge in [-0.25, -0.2) is 4.79 Å². The Morgan fingerprint density at radius 2 is 2.38 bits per heavy atom. The van der Waals surface area contributed by atoms with Gasteiger partial charge in [0.1, 0.15) is 11.5 Å². The Bertz CT molecular complexity index is 461. The van der Waals surface area contributed by atoms with Crippen LogP contribution in [0.15, 0.2) is 33.4 Å². The van der Waals surface area contributed by atoms with Crippen molar-refractivity contribution in [1.29, 1.82) is 0 Å². The molecule has 2 aromatic heterocycles. The smallest absolute Gasteiger partial charge is 0.407 e. The molecule has 16 heavy (non-hydrogen) atoms. The van der Waals surface area contributed by atoms with E-state index < -0.39 is 6.09 Å². The largest absolute Gasteiger partial charge is 0.459 e. The number of methoxy groups -OCH3 is 1. The Morgan fingerprint density at radius 1 is 1.50 bits per heavy atom. The van der Waals surface area contributed by atoms with Crippen LogP contribution >= 0.6 is 11.3 Å². The summed E-state index contributed by atoms with van der Waals surface area (Å²) < 4.78 is 10.0. The van der Waals surface area contributed by atoms with Crippen molar-refractivity contribution in [2.45, 2.75) is 6.54 Å². The van der Waals surface area contributed by atoms with Crippen LogP contribution < -0.4 is 5.32 Å². The summed E-state index contributed by atoms with van der Waals surface area (Å²) in [4.78, 5) is 10.8. The minimum absolute atomic E-state index is 0.330. The zero-order valence-corrected chi connectivity index (χ0v) is 9.54. The molecule has 0 saturated carbocycles. The maximum atomic E-state index is 10.8. The van der Waals surface area contributed by atoms with Gasteiger partial charge in [0.05, 0.1) is 13.7 Å². The van der Waals surface area contributed by atoms with E-state index in [4.69, 9.17) is 4.42 Å². The van der Waals surface area contributed by atoms with Crippen molar-refractivity contribution >= 4 is 17.4 Å². The van der Waals surface area contributed by atoms with Crippen LogP contribution in [0.25, 0.3) is 11.3 Å². The molecule has 5 heteroatoms.